The van der Waals surface area contributed by atoms with Crippen molar-refractivity contribution in [3.8, 4) is 0 Å². The van der Waals surface area contributed by atoms with Crippen molar-refractivity contribution in [1.29, 1.82) is 0 Å². The second-order valence-electron chi connectivity index (χ2n) is 5.90. The highest BCUT2D eigenvalue weighted by atomic mass is 32.1. The van der Waals surface area contributed by atoms with Crippen LogP contribution in [0.5, 0.6) is 0 Å². The highest BCUT2D eigenvalue weighted by Crippen LogP contribution is 2.35. The predicted molar refractivity (Wildman–Crippen MR) is 87.4 cm³/mol. The van der Waals surface area contributed by atoms with Crippen molar-refractivity contribution >= 4 is 17.2 Å². The SMILES string of the molecule is CCn1cc(C(=O)N(C)CC2CCCc3sc(C)nc32)cn1. The van der Waals surface area contributed by atoms with E-state index in [2.05, 4.69) is 12.0 Å². The predicted octanol–water partition coefficient (Wildman–Crippen LogP) is 2.86. The lowest BCUT2D eigenvalue weighted by Gasteiger charge is -2.26. The molecule has 1 aliphatic rings. The average Bonchev–Trinajstić information content (AvgIpc) is 3.12. The molecule has 2 aromatic rings. The molecule has 0 aliphatic heterocycles. The largest absolute Gasteiger partial charge is 0.341 e. The third kappa shape index (κ3) is 2.92. The van der Waals surface area contributed by atoms with Gasteiger partial charge in [-0.25, -0.2) is 4.98 Å². The lowest BCUT2D eigenvalue weighted by molar-refractivity contribution is 0.0783. The zero-order chi connectivity index (χ0) is 15.7. The molecule has 5 nitrogen and oxygen atoms in total. The number of fused-ring (bicyclic) bond motifs is 1. The molecular weight excluding hydrogens is 296 g/mol. The molecule has 0 fully saturated rings. The molecule has 2 aromatic heterocycles. The summed E-state index contributed by atoms with van der Waals surface area (Å²) in [5.41, 5.74) is 1.88. The number of aryl methyl sites for hydroxylation is 3. The van der Waals surface area contributed by atoms with Gasteiger partial charge in [-0.1, -0.05) is 0 Å². The Morgan fingerprint density at radius 1 is 1.55 bits per heavy atom. The molecule has 22 heavy (non-hydrogen) atoms. The first-order chi connectivity index (χ1) is 10.6. The van der Waals surface area contributed by atoms with Crippen LogP contribution in [0, 0.1) is 6.92 Å². The van der Waals surface area contributed by atoms with E-state index in [1.807, 2.05) is 25.1 Å². The first kappa shape index (κ1) is 15.2. The Balaban J connectivity index is 1.71. The summed E-state index contributed by atoms with van der Waals surface area (Å²) in [5, 5.41) is 5.32. The van der Waals surface area contributed by atoms with Crippen LogP contribution < -0.4 is 0 Å². The van der Waals surface area contributed by atoms with E-state index < -0.39 is 0 Å². The van der Waals surface area contributed by atoms with Gasteiger partial charge in [-0.15, -0.1) is 11.3 Å². The van der Waals surface area contributed by atoms with Gasteiger partial charge >= 0.3 is 0 Å². The maximum Gasteiger partial charge on any atom is 0.256 e. The lowest BCUT2D eigenvalue weighted by atomic mass is 9.90. The van der Waals surface area contributed by atoms with Crippen LogP contribution in [0.4, 0.5) is 0 Å². The fourth-order valence-electron chi connectivity index (χ4n) is 3.09. The van der Waals surface area contributed by atoms with Crippen molar-refractivity contribution in [2.75, 3.05) is 13.6 Å². The summed E-state index contributed by atoms with van der Waals surface area (Å²) in [4.78, 5) is 20.4. The van der Waals surface area contributed by atoms with E-state index in [0.717, 1.165) is 30.9 Å². The van der Waals surface area contributed by atoms with Crippen molar-refractivity contribution in [3.63, 3.8) is 0 Å². The normalized spacial score (nSPS) is 17.3. The van der Waals surface area contributed by atoms with Gasteiger partial charge in [0, 0.05) is 37.1 Å². The van der Waals surface area contributed by atoms with Crippen LogP contribution in [0.1, 0.15) is 51.6 Å². The van der Waals surface area contributed by atoms with Crippen molar-refractivity contribution in [2.24, 2.45) is 0 Å². The van der Waals surface area contributed by atoms with Crippen molar-refractivity contribution in [3.05, 3.63) is 33.5 Å². The third-order valence-electron chi connectivity index (χ3n) is 4.22. The van der Waals surface area contributed by atoms with Crippen LogP contribution in [0.3, 0.4) is 0 Å². The van der Waals surface area contributed by atoms with Crippen molar-refractivity contribution in [2.45, 2.75) is 45.6 Å². The number of rotatable bonds is 4. The smallest absolute Gasteiger partial charge is 0.256 e. The molecule has 1 aliphatic carbocycles. The van der Waals surface area contributed by atoms with Crippen LogP contribution >= 0.6 is 11.3 Å². The fourth-order valence-corrected chi connectivity index (χ4v) is 4.15. The summed E-state index contributed by atoms with van der Waals surface area (Å²) in [6.45, 7) is 5.58. The Kier molecular flexibility index (Phi) is 4.29. The zero-order valence-corrected chi connectivity index (χ0v) is 14.2. The van der Waals surface area contributed by atoms with Crippen LogP contribution in [0.15, 0.2) is 12.4 Å². The molecule has 0 radical (unpaired) electrons. The molecule has 118 valence electrons. The Morgan fingerprint density at radius 2 is 2.36 bits per heavy atom. The molecule has 6 heteroatoms. The number of aromatic nitrogens is 3. The second-order valence-corrected chi connectivity index (χ2v) is 7.19. The quantitative estimate of drug-likeness (QED) is 0.871. The van der Waals surface area contributed by atoms with E-state index in [4.69, 9.17) is 4.98 Å². The van der Waals surface area contributed by atoms with Gasteiger partial charge < -0.3 is 4.90 Å². The molecule has 0 bridgehead atoms. The fraction of sp³-hybridized carbons (Fsp3) is 0.562. The summed E-state index contributed by atoms with van der Waals surface area (Å²) >= 11 is 1.80. The number of thiazole rings is 1. The molecule has 0 spiro atoms. The molecule has 0 aromatic carbocycles. The molecule has 1 amide bonds. The minimum Gasteiger partial charge on any atom is -0.341 e. The van der Waals surface area contributed by atoms with Crippen molar-refractivity contribution in [1.82, 2.24) is 19.7 Å². The maximum absolute atomic E-state index is 12.5. The number of nitrogens with zero attached hydrogens (tertiary/aromatic N) is 4. The van der Waals surface area contributed by atoms with E-state index in [1.54, 1.807) is 22.2 Å². The molecule has 0 saturated carbocycles. The van der Waals surface area contributed by atoms with Gasteiger partial charge in [-0.2, -0.15) is 5.10 Å². The Hall–Kier alpha value is -1.69. The van der Waals surface area contributed by atoms with Crippen molar-refractivity contribution < 1.29 is 4.79 Å². The Morgan fingerprint density at radius 3 is 3.09 bits per heavy atom. The van der Waals surface area contributed by atoms with Gasteiger partial charge in [-0.05, 0) is 33.1 Å². The standard InChI is InChI=1S/C16H22N4OS/c1-4-20-10-13(8-17-20)16(21)19(3)9-12-6-5-7-14-15(12)18-11(2)22-14/h8,10,12H,4-7,9H2,1-3H3. The van der Waals surface area contributed by atoms with Gasteiger partial charge in [0.1, 0.15) is 0 Å². The maximum atomic E-state index is 12.5. The highest BCUT2D eigenvalue weighted by Gasteiger charge is 2.26. The Bertz CT molecular complexity index is 675. The number of amides is 1. The number of hydrogen-bond acceptors (Lipinski definition) is 4. The summed E-state index contributed by atoms with van der Waals surface area (Å²) in [7, 11) is 1.87. The second kappa shape index (κ2) is 6.20. The van der Waals surface area contributed by atoms with E-state index in [-0.39, 0.29) is 5.91 Å². The average molecular weight is 318 g/mol. The van der Waals surface area contributed by atoms with Crippen LogP contribution in [0.2, 0.25) is 0 Å². The minimum atomic E-state index is 0.0405. The van der Waals surface area contributed by atoms with Gasteiger partial charge in [0.25, 0.3) is 5.91 Å². The molecule has 1 unspecified atom stereocenters. The zero-order valence-electron chi connectivity index (χ0n) is 13.4. The molecule has 3 rings (SSSR count). The first-order valence-electron chi connectivity index (χ1n) is 7.82. The first-order valence-corrected chi connectivity index (χ1v) is 8.64. The van der Waals surface area contributed by atoms with Crippen LogP contribution in [-0.4, -0.2) is 39.2 Å². The molecule has 1 atom stereocenters. The summed E-state index contributed by atoms with van der Waals surface area (Å²) < 4.78 is 1.78. The van der Waals surface area contributed by atoms with Gasteiger partial charge in [0.05, 0.1) is 22.5 Å². The number of likely N-dealkylation sites (N-methyl/N-ethyl adjacent to an activating group) is 1. The van der Waals surface area contributed by atoms with Crippen LogP contribution in [0.25, 0.3) is 0 Å². The Labute approximate surface area is 135 Å². The van der Waals surface area contributed by atoms with E-state index in [9.17, 15) is 4.79 Å². The lowest BCUT2D eigenvalue weighted by Crippen LogP contribution is -2.32. The number of hydrogen-bond donors (Lipinski definition) is 0. The highest BCUT2D eigenvalue weighted by molar-refractivity contribution is 7.11. The third-order valence-corrected chi connectivity index (χ3v) is 5.27. The molecule has 0 saturated heterocycles. The van der Waals surface area contributed by atoms with Gasteiger partial charge in [0.2, 0.25) is 0 Å². The summed E-state index contributed by atoms with van der Waals surface area (Å²) in [6, 6.07) is 0. The van der Waals surface area contributed by atoms with Gasteiger partial charge in [-0.3, -0.25) is 9.48 Å². The van der Waals surface area contributed by atoms with E-state index in [1.165, 1.54) is 17.0 Å². The minimum absolute atomic E-state index is 0.0405. The summed E-state index contributed by atoms with van der Waals surface area (Å²) in [5.74, 6) is 0.405. The number of carbonyl (C=O) groups excluding carboxylic acids is 1. The molecule has 0 N–H and O–H groups in total. The van der Waals surface area contributed by atoms with E-state index in [0.29, 0.717) is 11.5 Å². The molecular formula is C16H22N4OS. The molecule has 2 heterocycles. The number of carbonyl (C=O) groups is 1. The monoisotopic (exact) mass is 318 g/mol. The topological polar surface area (TPSA) is 51.0 Å². The van der Waals surface area contributed by atoms with Gasteiger partial charge in [0.15, 0.2) is 0 Å². The van der Waals surface area contributed by atoms with E-state index >= 15 is 0 Å². The summed E-state index contributed by atoms with van der Waals surface area (Å²) in [6.07, 6.45) is 6.91. The van der Waals surface area contributed by atoms with Crippen LogP contribution in [-0.2, 0) is 13.0 Å².